The molecule has 1 heteroatoms. The molecule has 0 spiro atoms. The van der Waals surface area contributed by atoms with Crippen LogP contribution in [0.15, 0.2) is 24.3 Å². The number of fused-ring (bicyclic) bond motifs is 2. The van der Waals surface area contributed by atoms with E-state index in [1.807, 2.05) is 0 Å². The Balaban J connectivity index is 2.06. The summed E-state index contributed by atoms with van der Waals surface area (Å²) in [5.41, 5.74) is 2.54. The van der Waals surface area contributed by atoms with E-state index in [1.54, 1.807) is 0 Å². The third-order valence-electron chi connectivity index (χ3n) is 4.69. The first kappa shape index (κ1) is 10.7. The Morgan fingerprint density at radius 3 is 2.67 bits per heavy atom. The van der Waals surface area contributed by atoms with Crippen LogP contribution in [0.5, 0.6) is 0 Å². The summed E-state index contributed by atoms with van der Waals surface area (Å²) in [6.45, 7) is 12.7. The highest BCUT2D eigenvalue weighted by Gasteiger charge is 2.54. The number of aldehydes is 1. The maximum Gasteiger partial charge on any atom is 0.145 e. The lowest BCUT2D eigenvalue weighted by molar-refractivity contribution is -0.105. The maximum absolute atomic E-state index is 10.6. The number of carbonyl (C=O) groups is 1. The summed E-state index contributed by atoms with van der Waals surface area (Å²) in [7, 11) is 0. The molecule has 15 heavy (non-hydrogen) atoms. The fourth-order valence-electron chi connectivity index (χ4n) is 3.40. The third kappa shape index (κ3) is 1.49. The van der Waals surface area contributed by atoms with E-state index < -0.39 is 0 Å². The van der Waals surface area contributed by atoms with Crippen molar-refractivity contribution < 1.29 is 4.79 Å². The first-order valence-electron chi connectivity index (χ1n) is 5.78. The number of rotatable bonds is 3. The fraction of sp³-hybridized carbons (Fsp3) is 0.643. The SMILES string of the molecule is C=C(C=O)CC1C[C@H]2C[C@@H](C1=C)C2(C)C. The summed E-state index contributed by atoms with van der Waals surface area (Å²) >= 11 is 0. The van der Waals surface area contributed by atoms with Crippen molar-refractivity contribution in [3.05, 3.63) is 24.3 Å². The van der Waals surface area contributed by atoms with E-state index in [-0.39, 0.29) is 0 Å². The van der Waals surface area contributed by atoms with Crippen molar-refractivity contribution in [2.45, 2.75) is 33.1 Å². The predicted octanol–water partition coefficient (Wildman–Crippen LogP) is 3.37. The molecule has 3 atom stereocenters. The van der Waals surface area contributed by atoms with Crippen LogP contribution in [0.25, 0.3) is 0 Å². The monoisotopic (exact) mass is 204 g/mol. The van der Waals surface area contributed by atoms with Gasteiger partial charge in [0, 0.05) is 0 Å². The van der Waals surface area contributed by atoms with Gasteiger partial charge in [-0.1, -0.05) is 32.6 Å². The predicted molar refractivity (Wildman–Crippen MR) is 62.4 cm³/mol. The molecule has 2 bridgehead atoms. The molecule has 3 rings (SSSR count). The van der Waals surface area contributed by atoms with Crippen molar-refractivity contribution in [1.82, 2.24) is 0 Å². The summed E-state index contributed by atoms with van der Waals surface area (Å²) in [6, 6.07) is 0. The lowest BCUT2D eigenvalue weighted by atomic mass is 9.45. The number of hydrogen-bond acceptors (Lipinski definition) is 1. The minimum absolute atomic E-state index is 0.454. The van der Waals surface area contributed by atoms with Crippen molar-refractivity contribution >= 4 is 6.29 Å². The van der Waals surface area contributed by atoms with Gasteiger partial charge >= 0.3 is 0 Å². The molecular weight excluding hydrogens is 184 g/mol. The molecule has 0 aromatic carbocycles. The number of hydrogen-bond donors (Lipinski definition) is 0. The minimum Gasteiger partial charge on any atom is -0.298 e. The first-order chi connectivity index (χ1) is 6.96. The minimum atomic E-state index is 0.454. The first-order valence-corrected chi connectivity index (χ1v) is 5.78. The number of carbonyl (C=O) groups excluding carboxylic acids is 1. The maximum atomic E-state index is 10.6. The van der Waals surface area contributed by atoms with Gasteiger partial charge in [-0.3, -0.25) is 4.79 Å². The Labute approximate surface area is 92.3 Å². The summed E-state index contributed by atoms with van der Waals surface area (Å²) in [6.07, 6.45) is 4.23. The largest absolute Gasteiger partial charge is 0.298 e. The van der Waals surface area contributed by atoms with Crippen molar-refractivity contribution in [2.24, 2.45) is 23.2 Å². The molecule has 0 radical (unpaired) electrons. The third-order valence-corrected chi connectivity index (χ3v) is 4.69. The summed E-state index contributed by atoms with van der Waals surface area (Å²) in [5, 5.41) is 0. The van der Waals surface area contributed by atoms with Gasteiger partial charge in [-0.2, -0.15) is 0 Å². The lowest BCUT2D eigenvalue weighted by Gasteiger charge is -2.60. The van der Waals surface area contributed by atoms with Crippen molar-refractivity contribution in [3.63, 3.8) is 0 Å². The molecule has 1 nitrogen and oxygen atoms in total. The van der Waals surface area contributed by atoms with Crippen molar-refractivity contribution in [1.29, 1.82) is 0 Å². The van der Waals surface area contributed by atoms with Crippen LogP contribution in [0.1, 0.15) is 33.1 Å². The summed E-state index contributed by atoms with van der Waals surface area (Å²) in [5.74, 6) is 2.03. The zero-order valence-electron chi connectivity index (χ0n) is 9.75. The van der Waals surface area contributed by atoms with E-state index in [0.29, 0.717) is 17.3 Å². The fourth-order valence-corrected chi connectivity index (χ4v) is 3.40. The van der Waals surface area contributed by atoms with E-state index in [0.717, 1.165) is 24.2 Å². The second-order valence-corrected chi connectivity index (χ2v) is 5.79. The van der Waals surface area contributed by atoms with Crippen LogP contribution in [0.3, 0.4) is 0 Å². The van der Waals surface area contributed by atoms with Crippen molar-refractivity contribution in [3.8, 4) is 0 Å². The normalized spacial score (nSPS) is 36.9. The number of allylic oxidation sites excluding steroid dienone is 2. The highest BCUT2D eigenvalue weighted by Crippen LogP contribution is 2.63. The van der Waals surface area contributed by atoms with Gasteiger partial charge in [0.1, 0.15) is 6.29 Å². The van der Waals surface area contributed by atoms with Crippen LogP contribution in [0.2, 0.25) is 0 Å². The smallest absolute Gasteiger partial charge is 0.145 e. The second-order valence-electron chi connectivity index (χ2n) is 5.79. The quantitative estimate of drug-likeness (QED) is 0.391. The zero-order valence-corrected chi connectivity index (χ0v) is 9.75. The second kappa shape index (κ2) is 3.33. The highest BCUT2D eigenvalue weighted by atomic mass is 16.1. The molecule has 0 aliphatic heterocycles. The van der Waals surface area contributed by atoms with Crippen molar-refractivity contribution in [2.75, 3.05) is 0 Å². The Hall–Kier alpha value is -0.850. The molecular formula is C14H20O. The highest BCUT2D eigenvalue weighted by molar-refractivity contribution is 5.72. The van der Waals surface area contributed by atoms with Crippen LogP contribution < -0.4 is 0 Å². The molecule has 0 amide bonds. The lowest BCUT2D eigenvalue weighted by Crippen LogP contribution is -2.51. The van der Waals surface area contributed by atoms with Gasteiger partial charge in [0.25, 0.3) is 0 Å². The average Bonchev–Trinajstić information content (AvgIpc) is 2.19. The zero-order chi connectivity index (χ0) is 11.2. The van der Waals surface area contributed by atoms with Crippen LogP contribution >= 0.6 is 0 Å². The average molecular weight is 204 g/mol. The van der Waals surface area contributed by atoms with Gasteiger partial charge in [-0.25, -0.2) is 0 Å². The van der Waals surface area contributed by atoms with E-state index in [2.05, 4.69) is 27.0 Å². The van der Waals surface area contributed by atoms with Gasteiger partial charge < -0.3 is 0 Å². The topological polar surface area (TPSA) is 17.1 Å². The van der Waals surface area contributed by atoms with Gasteiger partial charge in [-0.05, 0) is 48.0 Å². The molecule has 3 fully saturated rings. The Morgan fingerprint density at radius 2 is 2.20 bits per heavy atom. The van der Waals surface area contributed by atoms with E-state index in [4.69, 9.17) is 0 Å². The molecule has 3 aliphatic carbocycles. The van der Waals surface area contributed by atoms with Crippen LogP contribution in [0, 0.1) is 23.2 Å². The standard InChI is InChI=1S/C14H20O/c1-9(8-15)5-11-6-12-7-13(10(11)2)14(12,3)4/h8,11-13H,1-2,5-7H2,3-4H3/t11?,12-,13-/m0/s1. The molecule has 3 aliphatic rings. The molecule has 1 unspecified atom stereocenters. The Morgan fingerprint density at radius 1 is 1.53 bits per heavy atom. The molecule has 3 saturated carbocycles. The Kier molecular flexibility index (Phi) is 2.37. The Bertz CT molecular complexity index is 324. The van der Waals surface area contributed by atoms with E-state index in [1.165, 1.54) is 18.4 Å². The molecule has 0 aromatic heterocycles. The molecule has 0 heterocycles. The van der Waals surface area contributed by atoms with Crippen LogP contribution in [-0.2, 0) is 4.79 Å². The van der Waals surface area contributed by atoms with Crippen LogP contribution in [0.4, 0.5) is 0 Å². The summed E-state index contributed by atoms with van der Waals surface area (Å²) < 4.78 is 0. The van der Waals surface area contributed by atoms with E-state index in [9.17, 15) is 4.79 Å². The van der Waals surface area contributed by atoms with Crippen LogP contribution in [-0.4, -0.2) is 6.29 Å². The molecule has 82 valence electrons. The van der Waals surface area contributed by atoms with Gasteiger partial charge in [0.05, 0.1) is 0 Å². The van der Waals surface area contributed by atoms with E-state index >= 15 is 0 Å². The molecule has 0 aromatic rings. The van der Waals surface area contributed by atoms with Gasteiger partial charge in [0.2, 0.25) is 0 Å². The molecule has 0 N–H and O–H groups in total. The van der Waals surface area contributed by atoms with Gasteiger partial charge in [-0.15, -0.1) is 0 Å². The summed E-state index contributed by atoms with van der Waals surface area (Å²) in [4.78, 5) is 10.6. The van der Waals surface area contributed by atoms with Gasteiger partial charge in [0.15, 0.2) is 0 Å². The molecule has 0 saturated heterocycles.